The van der Waals surface area contributed by atoms with Gasteiger partial charge in [-0.05, 0) is 37.9 Å². The van der Waals surface area contributed by atoms with Crippen LogP contribution in [0.25, 0.3) is 0 Å². The minimum absolute atomic E-state index is 0.0877. The van der Waals surface area contributed by atoms with Gasteiger partial charge in [0.1, 0.15) is 0 Å². The van der Waals surface area contributed by atoms with Crippen molar-refractivity contribution in [3.05, 3.63) is 29.8 Å². The molecule has 1 saturated heterocycles. The lowest BCUT2D eigenvalue weighted by molar-refractivity contribution is 0.341. The lowest BCUT2D eigenvalue weighted by Crippen LogP contribution is -2.38. The molecule has 1 atom stereocenters. The quantitative estimate of drug-likeness (QED) is 0.910. The fourth-order valence-electron chi connectivity index (χ4n) is 2.89. The molecule has 1 aromatic carbocycles. The van der Waals surface area contributed by atoms with Crippen LogP contribution in [0.3, 0.4) is 0 Å². The van der Waals surface area contributed by atoms with Crippen molar-refractivity contribution in [2.45, 2.75) is 57.0 Å². The van der Waals surface area contributed by atoms with Gasteiger partial charge in [0, 0.05) is 19.1 Å². The molecule has 2 rings (SSSR count). The first-order valence-electron chi connectivity index (χ1n) is 7.88. The van der Waals surface area contributed by atoms with E-state index in [-0.39, 0.29) is 6.04 Å². The van der Waals surface area contributed by atoms with Gasteiger partial charge in [0.25, 0.3) is 0 Å². The molecular formula is C16H26N2O2S. The van der Waals surface area contributed by atoms with E-state index in [9.17, 15) is 8.42 Å². The molecule has 21 heavy (non-hydrogen) atoms. The zero-order valence-corrected chi connectivity index (χ0v) is 13.8. The number of benzene rings is 1. The minimum atomic E-state index is -3.40. The Kier molecular flexibility index (Phi) is 5.79. The first kappa shape index (κ1) is 16.5. The zero-order valence-electron chi connectivity index (χ0n) is 13.0. The standard InChI is InChI=1S/C16H26N2O2S/c1-3-17-13-15-10-6-7-11-16(15)21(19,20)18-12-8-4-5-9-14(18)2/h6-7,10-11,14,17H,3-5,8-9,12-13H2,1-2H3. The summed E-state index contributed by atoms with van der Waals surface area (Å²) in [5.74, 6) is 0. The van der Waals surface area contributed by atoms with Crippen LogP contribution < -0.4 is 5.32 Å². The Morgan fingerprint density at radius 2 is 2.00 bits per heavy atom. The summed E-state index contributed by atoms with van der Waals surface area (Å²) in [6.07, 6.45) is 4.15. The second-order valence-electron chi connectivity index (χ2n) is 5.70. The molecule has 0 radical (unpaired) electrons. The number of hydrogen-bond acceptors (Lipinski definition) is 3. The molecule has 1 N–H and O–H groups in total. The van der Waals surface area contributed by atoms with Gasteiger partial charge >= 0.3 is 0 Å². The Bertz CT molecular complexity index is 557. The average Bonchev–Trinajstić information content (AvgIpc) is 2.70. The molecule has 4 nitrogen and oxygen atoms in total. The smallest absolute Gasteiger partial charge is 0.243 e. The van der Waals surface area contributed by atoms with Crippen LogP contribution in [-0.2, 0) is 16.6 Å². The van der Waals surface area contributed by atoms with Gasteiger partial charge in [-0.15, -0.1) is 0 Å². The summed E-state index contributed by atoms with van der Waals surface area (Å²) in [6, 6.07) is 7.43. The Balaban J connectivity index is 2.34. The maximum atomic E-state index is 13.0. The van der Waals surface area contributed by atoms with Gasteiger partial charge in [-0.2, -0.15) is 4.31 Å². The fraction of sp³-hybridized carbons (Fsp3) is 0.625. The Hall–Kier alpha value is -0.910. The molecule has 1 unspecified atom stereocenters. The topological polar surface area (TPSA) is 49.4 Å². The Morgan fingerprint density at radius 1 is 1.24 bits per heavy atom. The van der Waals surface area contributed by atoms with E-state index in [1.54, 1.807) is 10.4 Å². The highest BCUT2D eigenvalue weighted by molar-refractivity contribution is 7.89. The van der Waals surface area contributed by atoms with E-state index in [0.29, 0.717) is 18.0 Å². The average molecular weight is 310 g/mol. The highest BCUT2D eigenvalue weighted by Gasteiger charge is 2.31. The normalized spacial score (nSPS) is 21.1. The van der Waals surface area contributed by atoms with E-state index in [4.69, 9.17) is 0 Å². The lowest BCUT2D eigenvalue weighted by atomic mass is 10.1. The van der Waals surface area contributed by atoms with Crippen molar-refractivity contribution < 1.29 is 8.42 Å². The number of hydrogen-bond donors (Lipinski definition) is 1. The number of nitrogens with zero attached hydrogens (tertiary/aromatic N) is 1. The van der Waals surface area contributed by atoms with Crippen LogP contribution in [0.5, 0.6) is 0 Å². The van der Waals surface area contributed by atoms with Crippen molar-refractivity contribution in [1.82, 2.24) is 9.62 Å². The van der Waals surface area contributed by atoms with Crippen molar-refractivity contribution in [2.24, 2.45) is 0 Å². The van der Waals surface area contributed by atoms with E-state index in [1.807, 2.05) is 32.0 Å². The molecule has 0 saturated carbocycles. The lowest BCUT2D eigenvalue weighted by Gasteiger charge is -2.27. The van der Waals surface area contributed by atoms with Crippen molar-refractivity contribution in [2.75, 3.05) is 13.1 Å². The summed E-state index contributed by atoms with van der Waals surface area (Å²) in [7, 11) is -3.40. The van der Waals surface area contributed by atoms with Crippen molar-refractivity contribution >= 4 is 10.0 Å². The first-order chi connectivity index (χ1) is 10.1. The van der Waals surface area contributed by atoms with Gasteiger partial charge in [-0.1, -0.05) is 38.0 Å². The molecule has 1 aromatic rings. The highest BCUT2D eigenvalue weighted by atomic mass is 32.2. The van der Waals surface area contributed by atoms with Gasteiger partial charge in [-0.25, -0.2) is 8.42 Å². The molecule has 5 heteroatoms. The van der Waals surface area contributed by atoms with Crippen LogP contribution in [0, 0.1) is 0 Å². The molecule has 1 aliphatic heterocycles. The maximum absolute atomic E-state index is 13.0. The van der Waals surface area contributed by atoms with E-state index in [2.05, 4.69) is 5.32 Å². The van der Waals surface area contributed by atoms with Crippen LogP contribution in [-0.4, -0.2) is 31.9 Å². The third-order valence-electron chi connectivity index (χ3n) is 4.12. The van der Waals surface area contributed by atoms with Crippen molar-refractivity contribution in [3.63, 3.8) is 0 Å². The van der Waals surface area contributed by atoms with Crippen molar-refractivity contribution in [3.8, 4) is 0 Å². The largest absolute Gasteiger partial charge is 0.313 e. The third-order valence-corrected chi connectivity index (χ3v) is 6.23. The zero-order chi connectivity index (χ0) is 15.3. The molecule has 0 aliphatic carbocycles. The molecule has 0 amide bonds. The minimum Gasteiger partial charge on any atom is -0.313 e. The molecule has 0 aromatic heterocycles. The fourth-order valence-corrected chi connectivity index (χ4v) is 4.82. The second-order valence-corrected chi connectivity index (χ2v) is 7.56. The first-order valence-corrected chi connectivity index (χ1v) is 9.32. The van der Waals surface area contributed by atoms with E-state index in [1.165, 1.54) is 0 Å². The molecule has 0 spiro atoms. The second kappa shape index (κ2) is 7.38. The van der Waals surface area contributed by atoms with Crippen molar-refractivity contribution in [1.29, 1.82) is 0 Å². The van der Waals surface area contributed by atoms with E-state index < -0.39 is 10.0 Å². The Morgan fingerprint density at radius 3 is 2.76 bits per heavy atom. The van der Waals surface area contributed by atoms with Crippen LogP contribution in [0.4, 0.5) is 0 Å². The number of rotatable bonds is 5. The van der Waals surface area contributed by atoms with Gasteiger partial charge in [0.05, 0.1) is 4.90 Å². The summed E-state index contributed by atoms with van der Waals surface area (Å²) in [4.78, 5) is 0.458. The molecule has 1 fully saturated rings. The summed E-state index contributed by atoms with van der Waals surface area (Å²) < 4.78 is 27.8. The van der Waals surface area contributed by atoms with Crippen LogP contribution in [0.1, 0.15) is 45.1 Å². The van der Waals surface area contributed by atoms with Gasteiger partial charge < -0.3 is 5.32 Å². The third kappa shape index (κ3) is 3.84. The van der Waals surface area contributed by atoms with E-state index >= 15 is 0 Å². The summed E-state index contributed by atoms with van der Waals surface area (Å²) in [5, 5.41) is 3.22. The SMILES string of the molecule is CCNCc1ccccc1S(=O)(=O)N1CCCCCC1C. The van der Waals surface area contributed by atoms with Gasteiger partial charge in [0.15, 0.2) is 0 Å². The van der Waals surface area contributed by atoms with Gasteiger partial charge in [0.2, 0.25) is 10.0 Å². The summed E-state index contributed by atoms with van der Waals surface area (Å²) >= 11 is 0. The summed E-state index contributed by atoms with van der Waals surface area (Å²) in [5.41, 5.74) is 0.857. The van der Waals surface area contributed by atoms with Gasteiger partial charge in [-0.3, -0.25) is 0 Å². The molecule has 1 aliphatic rings. The molecule has 0 bridgehead atoms. The van der Waals surface area contributed by atoms with Crippen LogP contribution in [0.15, 0.2) is 29.2 Å². The number of sulfonamides is 1. The highest BCUT2D eigenvalue weighted by Crippen LogP contribution is 2.26. The van der Waals surface area contributed by atoms with Crippen LogP contribution in [0.2, 0.25) is 0 Å². The molecule has 1 heterocycles. The monoisotopic (exact) mass is 310 g/mol. The molecule has 118 valence electrons. The molecular weight excluding hydrogens is 284 g/mol. The predicted molar refractivity (Wildman–Crippen MR) is 85.6 cm³/mol. The van der Waals surface area contributed by atoms with Crippen LogP contribution >= 0.6 is 0 Å². The predicted octanol–water partition coefficient (Wildman–Crippen LogP) is 2.75. The summed E-state index contributed by atoms with van der Waals surface area (Å²) in [6.45, 7) is 6.10. The van der Waals surface area contributed by atoms with E-state index in [0.717, 1.165) is 37.8 Å². The maximum Gasteiger partial charge on any atom is 0.243 e. The number of nitrogens with one attached hydrogen (secondary N) is 1. The Labute approximate surface area is 128 Å².